The smallest absolute Gasteiger partial charge is 0.262 e. The minimum Gasteiger partial charge on any atom is -0.482 e. The molecule has 7 heteroatoms. The number of fused-ring (bicyclic) bond motifs is 1. The zero-order chi connectivity index (χ0) is 20.4. The molecule has 1 aliphatic heterocycles. The number of hydrogen-bond donors (Lipinski definition) is 1. The number of benzene rings is 2. The molecule has 3 aromatic rings. The van der Waals surface area contributed by atoms with E-state index in [4.69, 9.17) is 4.74 Å². The zero-order valence-electron chi connectivity index (χ0n) is 16.0. The van der Waals surface area contributed by atoms with Crippen molar-refractivity contribution in [1.29, 1.82) is 0 Å². The summed E-state index contributed by atoms with van der Waals surface area (Å²) in [5.74, 6) is 0.0980. The molecule has 1 amide bonds. The Morgan fingerprint density at radius 1 is 1.14 bits per heavy atom. The fraction of sp³-hybridized carbons (Fsp3) is 0.273. The fourth-order valence-corrected chi connectivity index (χ4v) is 3.58. The fourth-order valence-electron chi connectivity index (χ4n) is 3.58. The van der Waals surface area contributed by atoms with E-state index in [1.807, 2.05) is 29.8 Å². The van der Waals surface area contributed by atoms with E-state index >= 15 is 0 Å². The number of aromatic nitrogens is 2. The Hall–Kier alpha value is -3.22. The zero-order valence-corrected chi connectivity index (χ0v) is 16.0. The summed E-state index contributed by atoms with van der Waals surface area (Å²) in [6, 6.07) is 11.8. The van der Waals surface area contributed by atoms with Gasteiger partial charge in [-0.25, -0.2) is 4.39 Å². The van der Waals surface area contributed by atoms with Crippen LogP contribution in [0, 0.1) is 12.7 Å². The molecule has 29 heavy (non-hydrogen) atoms. The van der Waals surface area contributed by atoms with Gasteiger partial charge in [0.05, 0.1) is 23.7 Å². The second-order valence-electron chi connectivity index (χ2n) is 6.98. The van der Waals surface area contributed by atoms with Crippen LogP contribution >= 0.6 is 0 Å². The first-order valence-electron chi connectivity index (χ1n) is 9.53. The molecular formula is C22H21F2N3O2. The molecule has 0 aliphatic carbocycles. The number of halogens is 2. The molecule has 0 atom stereocenters. The molecular weight excluding hydrogens is 376 g/mol. The summed E-state index contributed by atoms with van der Waals surface area (Å²) in [5.41, 5.74) is 4.81. The highest BCUT2D eigenvalue weighted by molar-refractivity contribution is 5.97. The van der Waals surface area contributed by atoms with Gasteiger partial charge in [-0.1, -0.05) is 6.07 Å². The Bertz CT molecular complexity index is 1040. The van der Waals surface area contributed by atoms with Crippen molar-refractivity contribution in [2.24, 2.45) is 0 Å². The Morgan fingerprint density at radius 3 is 2.66 bits per heavy atom. The highest BCUT2D eigenvalue weighted by Crippen LogP contribution is 2.39. The molecule has 1 aromatic heterocycles. The maximum absolute atomic E-state index is 13.5. The largest absolute Gasteiger partial charge is 0.482 e. The predicted octanol–water partition coefficient (Wildman–Crippen LogP) is 4.75. The molecule has 0 bridgehead atoms. The number of ether oxygens (including phenoxy) is 1. The van der Waals surface area contributed by atoms with Crippen molar-refractivity contribution in [2.75, 3.05) is 18.6 Å². The van der Waals surface area contributed by atoms with Crippen molar-refractivity contribution in [2.45, 2.75) is 26.3 Å². The van der Waals surface area contributed by atoms with Gasteiger partial charge in [-0.2, -0.15) is 5.10 Å². The Labute approximate surface area is 167 Å². The number of rotatable bonds is 6. The minimum atomic E-state index is -0.372. The molecule has 5 nitrogen and oxygen atoms in total. The van der Waals surface area contributed by atoms with E-state index in [1.165, 1.54) is 12.1 Å². The van der Waals surface area contributed by atoms with Gasteiger partial charge in [-0.3, -0.25) is 13.9 Å². The van der Waals surface area contributed by atoms with Gasteiger partial charge < -0.3 is 10.1 Å². The number of carbonyl (C=O) groups excluding carboxylic acids is 1. The number of anilines is 1. The first-order valence-corrected chi connectivity index (χ1v) is 9.53. The lowest BCUT2D eigenvalue weighted by atomic mass is 9.98. The van der Waals surface area contributed by atoms with Gasteiger partial charge in [0.25, 0.3) is 5.91 Å². The van der Waals surface area contributed by atoms with E-state index in [-0.39, 0.29) is 25.0 Å². The van der Waals surface area contributed by atoms with Crippen LogP contribution in [-0.2, 0) is 11.3 Å². The molecule has 1 aliphatic rings. The average Bonchev–Trinajstić information content (AvgIpc) is 3.04. The van der Waals surface area contributed by atoms with Crippen molar-refractivity contribution in [3.63, 3.8) is 0 Å². The number of unbranched alkanes of at least 4 members (excludes halogenated alkanes) is 1. The normalized spacial score (nSPS) is 13.0. The van der Waals surface area contributed by atoms with Crippen molar-refractivity contribution in [1.82, 2.24) is 9.78 Å². The van der Waals surface area contributed by atoms with Crippen LogP contribution in [0.15, 0.2) is 42.5 Å². The highest BCUT2D eigenvalue weighted by atomic mass is 19.1. The van der Waals surface area contributed by atoms with Crippen molar-refractivity contribution < 1.29 is 18.3 Å². The van der Waals surface area contributed by atoms with Crippen molar-refractivity contribution in [3.8, 4) is 28.1 Å². The molecule has 0 radical (unpaired) electrons. The number of amides is 1. The van der Waals surface area contributed by atoms with E-state index in [0.29, 0.717) is 30.8 Å². The Morgan fingerprint density at radius 2 is 1.90 bits per heavy atom. The van der Waals surface area contributed by atoms with Gasteiger partial charge >= 0.3 is 0 Å². The third kappa shape index (κ3) is 3.85. The molecule has 1 N–H and O–H groups in total. The number of nitrogens with zero attached hydrogens (tertiary/aromatic N) is 2. The molecule has 0 saturated carbocycles. The summed E-state index contributed by atoms with van der Waals surface area (Å²) in [7, 11) is 0. The van der Waals surface area contributed by atoms with Crippen LogP contribution in [0.25, 0.3) is 22.4 Å². The standard InChI is InChI=1S/C22H21F2N3O2/c1-14-21(16-6-9-19-18(12-16)25-20(28)13-29-19)22(15-4-7-17(24)8-5-15)27(26-14)11-3-2-10-23/h4-9,12H,2-3,10-11,13H2,1H3,(H,25,28). The lowest BCUT2D eigenvalue weighted by Gasteiger charge is -2.19. The number of nitrogens with one attached hydrogen (secondary N) is 1. The van der Waals surface area contributed by atoms with Gasteiger partial charge in [0.2, 0.25) is 0 Å². The summed E-state index contributed by atoms with van der Waals surface area (Å²) < 4.78 is 33.4. The molecule has 0 unspecified atom stereocenters. The first-order chi connectivity index (χ1) is 14.1. The van der Waals surface area contributed by atoms with Crippen LogP contribution < -0.4 is 10.1 Å². The molecule has 0 fully saturated rings. The summed E-state index contributed by atoms with van der Waals surface area (Å²) in [4.78, 5) is 11.7. The Kier molecular flexibility index (Phi) is 5.29. The maximum atomic E-state index is 13.5. The van der Waals surface area contributed by atoms with Gasteiger partial charge in [0, 0.05) is 17.7 Å². The lowest BCUT2D eigenvalue weighted by molar-refractivity contribution is -0.118. The molecule has 150 valence electrons. The highest BCUT2D eigenvalue weighted by Gasteiger charge is 2.22. The van der Waals surface area contributed by atoms with Crippen LogP contribution in [0.4, 0.5) is 14.5 Å². The molecule has 4 rings (SSSR count). The molecule has 2 aromatic carbocycles. The molecule has 2 heterocycles. The summed E-state index contributed by atoms with van der Waals surface area (Å²) in [5, 5.41) is 7.49. The van der Waals surface area contributed by atoms with Crippen LogP contribution in [-0.4, -0.2) is 29.0 Å². The number of alkyl halides is 1. The third-order valence-electron chi connectivity index (χ3n) is 4.90. The Balaban J connectivity index is 1.83. The quantitative estimate of drug-likeness (QED) is 0.611. The van der Waals surface area contributed by atoms with E-state index < -0.39 is 0 Å². The van der Waals surface area contributed by atoms with E-state index in [1.54, 1.807) is 12.1 Å². The van der Waals surface area contributed by atoms with Crippen LogP contribution in [0.3, 0.4) is 0 Å². The minimum absolute atomic E-state index is 0.00128. The number of hydrogen-bond acceptors (Lipinski definition) is 3. The third-order valence-corrected chi connectivity index (χ3v) is 4.90. The van der Waals surface area contributed by atoms with Gasteiger partial charge in [0.1, 0.15) is 11.6 Å². The lowest BCUT2D eigenvalue weighted by Crippen LogP contribution is -2.25. The number of aryl methyl sites for hydroxylation is 2. The monoisotopic (exact) mass is 397 g/mol. The SMILES string of the molecule is Cc1nn(CCCCF)c(-c2ccc(F)cc2)c1-c1ccc2c(c1)NC(=O)CO2. The van der Waals surface area contributed by atoms with Crippen LogP contribution in [0.2, 0.25) is 0 Å². The van der Waals surface area contributed by atoms with Crippen LogP contribution in [0.5, 0.6) is 5.75 Å². The first kappa shape index (κ1) is 19.1. The van der Waals surface area contributed by atoms with E-state index in [0.717, 1.165) is 28.1 Å². The van der Waals surface area contributed by atoms with Crippen LogP contribution in [0.1, 0.15) is 18.5 Å². The second kappa shape index (κ2) is 8.03. The summed E-state index contributed by atoms with van der Waals surface area (Å²) in [6.45, 7) is 2.09. The average molecular weight is 397 g/mol. The van der Waals surface area contributed by atoms with Gasteiger partial charge in [0.15, 0.2) is 6.61 Å². The number of carbonyl (C=O) groups is 1. The van der Waals surface area contributed by atoms with Gasteiger partial charge in [-0.05, 0) is 61.7 Å². The summed E-state index contributed by atoms with van der Waals surface area (Å²) in [6.07, 6.45) is 1.11. The van der Waals surface area contributed by atoms with E-state index in [9.17, 15) is 13.6 Å². The van der Waals surface area contributed by atoms with E-state index in [2.05, 4.69) is 10.4 Å². The van der Waals surface area contributed by atoms with Crippen molar-refractivity contribution in [3.05, 3.63) is 54.0 Å². The van der Waals surface area contributed by atoms with Gasteiger partial charge in [-0.15, -0.1) is 0 Å². The maximum Gasteiger partial charge on any atom is 0.262 e. The second-order valence-corrected chi connectivity index (χ2v) is 6.98. The molecule has 0 saturated heterocycles. The van der Waals surface area contributed by atoms with Crippen molar-refractivity contribution >= 4 is 11.6 Å². The topological polar surface area (TPSA) is 56.2 Å². The molecule has 0 spiro atoms. The predicted molar refractivity (Wildman–Crippen MR) is 107 cm³/mol. The summed E-state index contributed by atoms with van der Waals surface area (Å²) >= 11 is 0.